The quantitative estimate of drug-likeness (QED) is 0.643. The van der Waals surface area contributed by atoms with Crippen molar-refractivity contribution in [2.45, 2.75) is 6.92 Å². The third-order valence-corrected chi connectivity index (χ3v) is 3.26. The van der Waals surface area contributed by atoms with Crippen LogP contribution in [0.4, 0.5) is 0 Å². The topological polar surface area (TPSA) is 68.3 Å². The highest BCUT2D eigenvalue weighted by Gasteiger charge is 2.05. The number of nitrogens with two attached hydrogens (primary N) is 1. The maximum atomic E-state index is 7.42. The Hall–Kier alpha value is -2.01. The summed E-state index contributed by atoms with van der Waals surface area (Å²) < 4.78 is 11.8. The number of benzene rings is 2. The highest BCUT2D eigenvalue weighted by molar-refractivity contribution is 9.10. The smallest absolute Gasteiger partial charge is 0.128 e. The largest absolute Gasteiger partial charge is 0.494 e. The van der Waals surface area contributed by atoms with Gasteiger partial charge in [-0.2, -0.15) is 0 Å². The van der Waals surface area contributed by atoms with Gasteiger partial charge in [0.05, 0.1) is 6.61 Å². The maximum absolute atomic E-state index is 7.42. The van der Waals surface area contributed by atoms with Crippen LogP contribution in [0.3, 0.4) is 0 Å². The van der Waals surface area contributed by atoms with Crippen LogP contribution in [0.15, 0.2) is 46.9 Å². The Bertz CT molecular complexity index is 612. The van der Waals surface area contributed by atoms with Gasteiger partial charge in [-0.15, -0.1) is 0 Å². The molecule has 0 aliphatic heterocycles. The molecule has 0 aromatic heterocycles. The van der Waals surface area contributed by atoms with Gasteiger partial charge in [-0.3, -0.25) is 5.41 Å². The molecule has 2 rings (SSSR count). The summed E-state index contributed by atoms with van der Waals surface area (Å²) in [5.41, 5.74) is 6.10. The van der Waals surface area contributed by atoms with Crippen LogP contribution >= 0.6 is 15.9 Å². The lowest BCUT2D eigenvalue weighted by Crippen LogP contribution is -2.11. The van der Waals surface area contributed by atoms with E-state index in [9.17, 15) is 0 Å². The van der Waals surface area contributed by atoms with Crippen molar-refractivity contribution in [3.05, 3.63) is 52.5 Å². The molecule has 0 fully saturated rings. The monoisotopic (exact) mass is 334 g/mol. The van der Waals surface area contributed by atoms with Crippen molar-refractivity contribution in [2.24, 2.45) is 5.73 Å². The third-order valence-electron chi connectivity index (χ3n) is 2.60. The van der Waals surface area contributed by atoms with Gasteiger partial charge in [-0.1, -0.05) is 0 Å². The van der Waals surface area contributed by atoms with E-state index >= 15 is 0 Å². The number of halogens is 1. The Morgan fingerprint density at radius 3 is 2.25 bits per heavy atom. The first-order chi connectivity index (χ1) is 9.60. The predicted octanol–water partition coefficient (Wildman–Crippen LogP) is 3.92. The van der Waals surface area contributed by atoms with Gasteiger partial charge >= 0.3 is 0 Å². The zero-order chi connectivity index (χ0) is 14.5. The minimum absolute atomic E-state index is 0.0180. The molecule has 104 valence electrons. The Kier molecular flexibility index (Phi) is 4.63. The standard InChI is InChI=1S/C15H15BrN2O2/c1-2-19-10-3-5-11(6-4-10)20-12-7-8-13(15(17)18)14(16)9-12/h3-9H,2H2,1H3,(H3,17,18). The minimum atomic E-state index is 0.0180. The summed E-state index contributed by atoms with van der Waals surface area (Å²) in [5, 5.41) is 7.42. The molecular formula is C15H15BrN2O2. The fourth-order valence-corrected chi connectivity index (χ4v) is 2.26. The Labute approximate surface area is 126 Å². The van der Waals surface area contributed by atoms with E-state index in [-0.39, 0.29) is 5.84 Å². The predicted molar refractivity (Wildman–Crippen MR) is 82.8 cm³/mol. The molecule has 3 N–H and O–H groups in total. The van der Waals surface area contributed by atoms with Gasteiger partial charge in [0.2, 0.25) is 0 Å². The first kappa shape index (κ1) is 14.4. The molecule has 0 spiro atoms. The number of hydrogen-bond donors (Lipinski definition) is 2. The van der Waals surface area contributed by atoms with Crippen LogP contribution < -0.4 is 15.2 Å². The van der Waals surface area contributed by atoms with Gasteiger partial charge in [0.25, 0.3) is 0 Å². The molecule has 4 nitrogen and oxygen atoms in total. The second kappa shape index (κ2) is 6.43. The Morgan fingerprint density at radius 1 is 1.10 bits per heavy atom. The molecule has 0 saturated carbocycles. The van der Waals surface area contributed by atoms with Crippen LogP contribution in [-0.2, 0) is 0 Å². The molecule has 0 unspecified atom stereocenters. The van der Waals surface area contributed by atoms with E-state index < -0.39 is 0 Å². The molecule has 5 heteroatoms. The number of ether oxygens (including phenoxy) is 2. The van der Waals surface area contributed by atoms with Crippen LogP contribution in [-0.4, -0.2) is 12.4 Å². The van der Waals surface area contributed by atoms with Crippen LogP contribution in [0.2, 0.25) is 0 Å². The second-order valence-electron chi connectivity index (χ2n) is 4.06. The summed E-state index contributed by atoms with van der Waals surface area (Å²) in [7, 11) is 0. The average Bonchev–Trinajstić information content (AvgIpc) is 2.41. The molecule has 2 aromatic rings. The van der Waals surface area contributed by atoms with E-state index in [1.165, 1.54) is 0 Å². The minimum Gasteiger partial charge on any atom is -0.494 e. The van der Waals surface area contributed by atoms with Crippen molar-refractivity contribution in [3.8, 4) is 17.2 Å². The molecule has 20 heavy (non-hydrogen) atoms. The van der Waals surface area contributed by atoms with Gasteiger partial charge in [0.1, 0.15) is 23.1 Å². The van der Waals surface area contributed by atoms with E-state index in [4.69, 9.17) is 20.6 Å². The van der Waals surface area contributed by atoms with Crippen LogP contribution in [0.25, 0.3) is 0 Å². The zero-order valence-corrected chi connectivity index (χ0v) is 12.6. The number of rotatable bonds is 5. The van der Waals surface area contributed by atoms with Gasteiger partial charge in [0.15, 0.2) is 0 Å². The molecule has 0 bridgehead atoms. The third kappa shape index (κ3) is 3.51. The van der Waals surface area contributed by atoms with Crippen molar-refractivity contribution in [3.63, 3.8) is 0 Å². The zero-order valence-electron chi connectivity index (χ0n) is 11.0. The van der Waals surface area contributed by atoms with E-state index in [0.29, 0.717) is 17.9 Å². The molecule has 0 saturated heterocycles. The first-order valence-corrected chi connectivity index (χ1v) is 6.94. The van der Waals surface area contributed by atoms with Crippen molar-refractivity contribution < 1.29 is 9.47 Å². The van der Waals surface area contributed by atoms with Gasteiger partial charge in [-0.05, 0) is 65.3 Å². The van der Waals surface area contributed by atoms with E-state index in [1.54, 1.807) is 18.2 Å². The van der Waals surface area contributed by atoms with Crippen LogP contribution in [0.5, 0.6) is 17.2 Å². The molecule has 0 amide bonds. The molecule has 0 aliphatic carbocycles. The Balaban J connectivity index is 2.13. The van der Waals surface area contributed by atoms with Crippen molar-refractivity contribution in [1.82, 2.24) is 0 Å². The van der Waals surface area contributed by atoms with Crippen LogP contribution in [0.1, 0.15) is 12.5 Å². The summed E-state index contributed by atoms with van der Waals surface area (Å²) in [5.74, 6) is 2.22. The molecule has 0 radical (unpaired) electrons. The van der Waals surface area contributed by atoms with Crippen molar-refractivity contribution >= 4 is 21.8 Å². The molecule has 0 aliphatic rings. The van der Waals surface area contributed by atoms with Crippen molar-refractivity contribution in [1.29, 1.82) is 5.41 Å². The number of nitrogens with one attached hydrogen (secondary N) is 1. The fraction of sp³-hybridized carbons (Fsp3) is 0.133. The first-order valence-electron chi connectivity index (χ1n) is 6.15. The molecule has 0 heterocycles. The average molecular weight is 335 g/mol. The van der Waals surface area contributed by atoms with E-state index in [0.717, 1.165) is 16.0 Å². The maximum Gasteiger partial charge on any atom is 0.128 e. The summed E-state index contributed by atoms with van der Waals surface area (Å²) in [6.07, 6.45) is 0. The highest BCUT2D eigenvalue weighted by atomic mass is 79.9. The van der Waals surface area contributed by atoms with Gasteiger partial charge in [-0.25, -0.2) is 0 Å². The molecular weight excluding hydrogens is 320 g/mol. The normalized spacial score (nSPS) is 10.1. The lowest BCUT2D eigenvalue weighted by Gasteiger charge is -2.09. The number of nitrogen functional groups attached to an aromatic ring is 1. The molecule has 0 atom stereocenters. The number of hydrogen-bond acceptors (Lipinski definition) is 3. The lowest BCUT2D eigenvalue weighted by molar-refractivity contribution is 0.339. The number of amidine groups is 1. The summed E-state index contributed by atoms with van der Waals surface area (Å²) in [6, 6.07) is 12.7. The summed E-state index contributed by atoms with van der Waals surface area (Å²) in [4.78, 5) is 0. The van der Waals surface area contributed by atoms with Gasteiger partial charge < -0.3 is 15.2 Å². The highest BCUT2D eigenvalue weighted by Crippen LogP contribution is 2.28. The molecule has 2 aromatic carbocycles. The summed E-state index contributed by atoms with van der Waals surface area (Å²) >= 11 is 3.37. The van der Waals surface area contributed by atoms with Crippen LogP contribution in [0, 0.1) is 5.41 Å². The van der Waals surface area contributed by atoms with Gasteiger partial charge in [0, 0.05) is 10.0 Å². The Morgan fingerprint density at radius 2 is 1.70 bits per heavy atom. The summed E-state index contributed by atoms with van der Waals surface area (Å²) in [6.45, 7) is 2.58. The van der Waals surface area contributed by atoms with Crippen molar-refractivity contribution in [2.75, 3.05) is 6.61 Å². The SMILES string of the molecule is CCOc1ccc(Oc2ccc(C(=N)N)c(Br)c2)cc1. The second-order valence-corrected chi connectivity index (χ2v) is 4.92. The fourth-order valence-electron chi connectivity index (χ4n) is 1.68. The lowest BCUT2D eigenvalue weighted by atomic mass is 10.2. The van der Waals surface area contributed by atoms with E-state index in [2.05, 4.69) is 15.9 Å². The van der Waals surface area contributed by atoms with E-state index in [1.807, 2.05) is 31.2 Å².